The topological polar surface area (TPSA) is 50.2 Å². The third-order valence-corrected chi connectivity index (χ3v) is 4.52. The Bertz CT molecular complexity index is 847. The number of carboxylic acids is 1. The second kappa shape index (κ2) is 5.73. The zero-order chi connectivity index (χ0) is 15.0. The van der Waals surface area contributed by atoms with Crippen LogP contribution in [0.1, 0.15) is 10.4 Å². The van der Waals surface area contributed by atoms with Crippen molar-refractivity contribution in [1.29, 1.82) is 0 Å². The van der Waals surface area contributed by atoms with Gasteiger partial charge < -0.3 is 5.11 Å². The third kappa shape index (κ3) is 2.80. The Kier molecular flexibility index (Phi) is 3.95. The van der Waals surface area contributed by atoms with E-state index in [1.165, 1.54) is 0 Å². The van der Waals surface area contributed by atoms with E-state index in [9.17, 15) is 9.90 Å². The van der Waals surface area contributed by atoms with E-state index in [0.717, 1.165) is 13.6 Å². The number of pyridine rings is 1. The van der Waals surface area contributed by atoms with Crippen molar-refractivity contribution in [3.8, 4) is 11.3 Å². The number of para-hydroxylation sites is 1. The summed E-state index contributed by atoms with van der Waals surface area (Å²) in [5.41, 5.74) is 2.47. The number of fused-ring (bicyclic) bond motifs is 1. The summed E-state index contributed by atoms with van der Waals surface area (Å²) in [5, 5.41) is 10.1. The fourth-order valence-electron chi connectivity index (χ4n) is 2.16. The molecule has 3 nitrogen and oxygen atoms in total. The fraction of sp³-hybridized carbons (Fsp3) is 0. The van der Waals surface area contributed by atoms with E-state index in [0.29, 0.717) is 16.6 Å². The average Bonchev–Trinajstić information content (AvgIpc) is 2.47. The molecular weight excluding hydrogens is 445 g/mol. The van der Waals surface area contributed by atoms with Gasteiger partial charge in [0.15, 0.2) is 0 Å². The summed E-state index contributed by atoms with van der Waals surface area (Å²) < 4.78 is 1.91. The minimum Gasteiger partial charge on any atom is -0.478 e. The molecule has 0 atom stereocenters. The maximum absolute atomic E-state index is 11.5. The lowest BCUT2D eigenvalue weighted by Gasteiger charge is -2.08. The van der Waals surface area contributed by atoms with Gasteiger partial charge in [0.1, 0.15) is 0 Å². The van der Waals surface area contributed by atoms with Crippen LogP contribution < -0.4 is 0 Å². The van der Waals surface area contributed by atoms with Crippen LogP contribution in [0.2, 0.25) is 0 Å². The summed E-state index contributed by atoms with van der Waals surface area (Å²) in [7, 11) is 0. The van der Waals surface area contributed by atoms with E-state index >= 15 is 0 Å². The standard InChI is InChI=1S/C16H9BrINO2/c17-13-3-1-2-11-12(16(20)21)8-14(19-15(11)13)9-4-6-10(18)7-5-9/h1-8H,(H,20,21). The zero-order valence-corrected chi connectivity index (χ0v) is 14.4. The predicted octanol–water partition coefficient (Wildman–Crippen LogP) is 4.97. The molecule has 0 aliphatic heterocycles. The average molecular weight is 454 g/mol. The molecule has 104 valence electrons. The number of carboxylic acid groups (broad SMARTS) is 1. The van der Waals surface area contributed by atoms with Crippen molar-refractivity contribution < 1.29 is 9.90 Å². The number of hydrogen-bond acceptors (Lipinski definition) is 2. The molecular formula is C16H9BrINO2. The molecule has 0 amide bonds. The molecule has 1 heterocycles. The van der Waals surface area contributed by atoms with Gasteiger partial charge in [-0.2, -0.15) is 0 Å². The van der Waals surface area contributed by atoms with Gasteiger partial charge in [0.05, 0.1) is 16.8 Å². The van der Waals surface area contributed by atoms with Crippen LogP contribution in [0.5, 0.6) is 0 Å². The molecule has 0 saturated heterocycles. The molecule has 5 heteroatoms. The van der Waals surface area contributed by atoms with Crippen LogP contribution >= 0.6 is 38.5 Å². The summed E-state index contributed by atoms with van der Waals surface area (Å²) in [6, 6.07) is 14.9. The maximum Gasteiger partial charge on any atom is 0.336 e. The first-order valence-corrected chi connectivity index (χ1v) is 8.02. The van der Waals surface area contributed by atoms with Gasteiger partial charge in [-0.05, 0) is 62.8 Å². The Balaban J connectivity index is 2.32. The number of benzene rings is 2. The molecule has 3 aromatic rings. The highest BCUT2D eigenvalue weighted by atomic mass is 127. The van der Waals surface area contributed by atoms with Crippen molar-refractivity contribution in [2.75, 3.05) is 0 Å². The van der Waals surface area contributed by atoms with E-state index < -0.39 is 5.97 Å². The zero-order valence-electron chi connectivity index (χ0n) is 10.7. The van der Waals surface area contributed by atoms with Crippen molar-refractivity contribution in [2.24, 2.45) is 0 Å². The monoisotopic (exact) mass is 453 g/mol. The first kappa shape index (κ1) is 14.5. The first-order valence-electron chi connectivity index (χ1n) is 6.15. The van der Waals surface area contributed by atoms with E-state index in [4.69, 9.17) is 0 Å². The highest BCUT2D eigenvalue weighted by Gasteiger charge is 2.14. The quantitative estimate of drug-likeness (QED) is 0.557. The van der Waals surface area contributed by atoms with Gasteiger partial charge in [0, 0.05) is 19.0 Å². The van der Waals surface area contributed by atoms with Crippen LogP contribution in [0.3, 0.4) is 0 Å². The number of aromatic nitrogens is 1. The van der Waals surface area contributed by atoms with E-state index in [-0.39, 0.29) is 5.56 Å². The summed E-state index contributed by atoms with van der Waals surface area (Å²) in [4.78, 5) is 16.1. The molecule has 0 spiro atoms. The summed E-state index contributed by atoms with van der Waals surface area (Å²) in [6.07, 6.45) is 0. The van der Waals surface area contributed by atoms with Crippen LogP contribution in [-0.2, 0) is 0 Å². The number of nitrogens with zero attached hydrogens (tertiary/aromatic N) is 1. The maximum atomic E-state index is 11.5. The minimum absolute atomic E-state index is 0.259. The fourth-order valence-corrected chi connectivity index (χ4v) is 2.97. The molecule has 2 aromatic carbocycles. The first-order chi connectivity index (χ1) is 10.1. The van der Waals surface area contributed by atoms with Crippen LogP contribution in [-0.4, -0.2) is 16.1 Å². The normalized spacial score (nSPS) is 10.8. The molecule has 0 bridgehead atoms. The number of aromatic carboxylic acids is 1. The van der Waals surface area contributed by atoms with Gasteiger partial charge in [-0.25, -0.2) is 9.78 Å². The SMILES string of the molecule is O=C(O)c1cc(-c2ccc(I)cc2)nc2c(Br)cccc12. The second-order valence-electron chi connectivity index (χ2n) is 4.50. The van der Waals surface area contributed by atoms with Gasteiger partial charge >= 0.3 is 5.97 Å². The summed E-state index contributed by atoms with van der Waals surface area (Å²) in [5.74, 6) is -0.952. The van der Waals surface area contributed by atoms with Crippen molar-refractivity contribution in [1.82, 2.24) is 4.98 Å². The highest BCUT2D eigenvalue weighted by molar-refractivity contribution is 14.1. The lowest BCUT2D eigenvalue weighted by Crippen LogP contribution is -2.00. The van der Waals surface area contributed by atoms with Gasteiger partial charge in [0.25, 0.3) is 0 Å². The van der Waals surface area contributed by atoms with Crippen LogP contribution in [0, 0.1) is 3.57 Å². The molecule has 1 N–H and O–H groups in total. The van der Waals surface area contributed by atoms with Crippen molar-refractivity contribution in [2.45, 2.75) is 0 Å². The van der Waals surface area contributed by atoms with Crippen molar-refractivity contribution >= 4 is 55.4 Å². The molecule has 3 rings (SSSR count). The Morgan fingerprint density at radius 2 is 1.86 bits per heavy atom. The lowest BCUT2D eigenvalue weighted by molar-refractivity contribution is 0.0699. The molecule has 0 saturated carbocycles. The highest BCUT2D eigenvalue weighted by Crippen LogP contribution is 2.29. The van der Waals surface area contributed by atoms with Crippen LogP contribution in [0.15, 0.2) is 53.0 Å². The molecule has 21 heavy (non-hydrogen) atoms. The largest absolute Gasteiger partial charge is 0.478 e. The number of hydrogen-bond donors (Lipinski definition) is 1. The van der Waals surface area contributed by atoms with Crippen molar-refractivity contribution in [3.63, 3.8) is 0 Å². The Morgan fingerprint density at radius 1 is 1.14 bits per heavy atom. The van der Waals surface area contributed by atoms with E-state index in [1.807, 2.05) is 36.4 Å². The predicted molar refractivity (Wildman–Crippen MR) is 94.6 cm³/mol. The summed E-state index contributed by atoms with van der Waals surface area (Å²) >= 11 is 5.67. The number of rotatable bonds is 2. The molecule has 1 aromatic heterocycles. The Morgan fingerprint density at radius 3 is 2.52 bits per heavy atom. The lowest BCUT2D eigenvalue weighted by atomic mass is 10.0. The van der Waals surface area contributed by atoms with Crippen molar-refractivity contribution in [3.05, 3.63) is 62.1 Å². The number of halogens is 2. The molecule has 0 aliphatic carbocycles. The molecule has 0 aliphatic rings. The van der Waals surface area contributed by atoms with Gasteiger partial charge in [-0.15, -0.1) is 0 Å². The van der Waals surface area contributed by atoms with E-state index in [1.54, 1.807) is 12.1 Å². The molecule has 0 fully saturated rings. The molecule has 0 unspecified atom stereocenters. The summed E-state index contributed by atoms with van der Waals surface area (Å²) in [6.45, 7) is 0. The number of carbonyl (C=O) groups is 1. The smallest absolute Gasteiger partial charge is 0.336 e. The minimum atomic E-state index is -0.952. The second-order valence-corrected chi connectivity index (χ2v) is 6.60. The Labute approximate surface area is 143 Å². The van der Waals surface area contributed by atoms with Gasteiger partial charge in [-0.1, -0.05) is 24.3 Å². The van der Waals surface area contributed by atoms with Crippen LogP contribution in [0.4, 0.5) is 0 Å². The Hall–Kier alpha value is -1.47. The van der Waals surface area contributed by atoms with Crippen LogP contribution in [0.25, 0.3) is 22.2 Å². The van der Waals surface area contributed by atoms with Gasteiger partial charge in [-0.3, -0.25) is 0 Å². The van der Waals surface area contributed by atoms with Gasteiger partial charge in [0.2, 0.25) is 0 Å². The molecule has 0 radical (unpaired) electrons. The third-order valence-electron chi connectivity index (χ3n) is 3.16. The van der Waals surface area contributed by atoms with E-state index in [2.05, 4.69) is 43.5 Å².